The smallest absolute Gasteiger partial charge is 0.329 e. The highest BCUT2D eigenvalue weighted by molar-refractivity contribution is 8.13. The summed E-state index contributed by atoms with van der Waals surface area (Å²) in [7, 11) is -1.08. The van der Waals surface area contributed by atoms with Crippen molar-refractivity contribution in [3.8, 4) is 0 Å². The molecule has 2 atom stereocenters. The Morgan fingerprint density at radius 1 is 1.14 bits per heavy atom. The van der Waals surface area contributed by atoms with Crippen molar-refractivity contribution in [1.82, 2.24) is 5.32 Å². The van der Waals surface area contributed by atoms with Gasteiger partial charge in [0.05, 0.1) is 6.61 Å². The topological polar surface area (TPSA) is 89.5 Å². The highest BCUT2D eigenvalue weighted by atomic mass is 32.2. The second-order valence-corrected chi connectivity index (χ2v) is 10.7. The standard InChI is InChI=1S/C27H28FNO5S2/c1-5-34-27(32)25(29-17(3)30)15-35-26(31)14-23-16(2)22(21-11-8-19(28)13-24(21)23)12-18-6-9-20(10-7-18)36(4)33/h6-13,25H,5,14-15H2,1-4H3,(H,29,30)/b22-12-. The molecule has 0 bridgehead atoms. The van der Waals surface area contributed by atoms with Crippen molar-refractivity contribution in [2.45, 2.75) is 38.1 Å². The first-order chi connectivity index (χ1) is 17.1. The number of halogens is 1. The van der Waals surface area contributed by atoms with E-state index in [2.05, 4.69) is 5.32 Å². The van der Waals surface area contributed by atoms with Gasteiger partial charge >= 0.3 is 5.97 Å². The van der Waals surface area contributed by atoms with Crippen LogP contribution in [0.2, 0.25) is 0 Å². The third-order valence-electron chi connectivity index (χ3n) is 5.66. The SMILES string of the molecule is CCOC(=O)C(CSC(=O)CC1=C(C)/C(=C/c2ccc(S(C)=O)cc2)c2ccc(F)cc21)NC(C)=O. The number of fused-ring (bicyclic) bond motifs is 1. The number of amides is 1. The molecule has 1 amide bonds. The van der Waals surface area contributed by atoms with Crippen LogP contribution in [0.25, 0.3) is 17.2 Å². The number of nitrogens with one attached hydrogen (secondary N) is 1. The van der Waals surface area contributed by atoms with Crippen LogP contribution < -0.4 is 5.32 Å². The molecule has 0 aliphatic heterocycles. The minimum absolute atomic E-state index is 0.0351. The zero-order valence-electron chi connectivity index (χ0n) is 20.6. The Bertz CT molecular complexity index is 1270. The summed E-state index contributed by atoms with van der Waals surface area (Å²) in [6.45, 7) is 5.01. The van der Waals surface area contributed by atoms with Crippen LogP contribution >= 0.6 is 11.8 Å². The molecule has 3 rings (SSSR count). The van der Waals surface area contributed by atoms with Crippen molar-refractivity contribution >= 4 is 56.8 Å². The number of thioether (sulfide) groups is 1. The van der Waals surface area contributed by atoms with Crippen LogP contribution in [0, 0.1) is 5.82 Å². The third kappa shape index (κ3) is 6.79. The zero-order chi connectivity index (χ0) is 26.4. The Labute approximate surface area is 216 Å². The molecule has 0 heterocycles. The second-order valence-electron chi connectivity index (χ2n) is 8.24. The average Bonchev–Trinajstić information content (AvgIpc) is 3.07. The molecule has 0 fully saturated rings. The number of esters is 1. The number of carbonyl (C=O) groups is 3. The van der Waals surface area contributed by atoms with Crippen LogP contribution in [0.1, 0.15) is 43.9 Å². The largest absolute Gasteiger partial charge is 0.464 e. The van der Waals surface area contributed by atoms with Crippen LogP contribution in [0.4, 0.5) is 4.39 Å². The fourth-order valence-electron chi connectivity index (χ4n) is 3.93. The number of allylic oxidation sites excluding steroid dienone is 3. The summed E-state index contributed by atoms with van der Waals surface area (Å²) in [5.41, 5.74) is 4.83. The summed E-state index contributed by atoms with van der Waals surface area (Å²) >= 11 is 0.927. The molecule has 1 aliphatic rings. The summed E-state index contributed by atoms with van der Waals surface area (Å²) in [6.07, 6.45) is 3.62. The fraction of sp³-hybridized carbons (Fsp3) is 0.296. The Balaban J connectivity index is 1.85. The Kier molecular flexibility index (Phi) is 9.39. The number of ether oxygens (including phenoxy) is 1. The number of rotatable bonds is 9. The molecule has 36 heavy (non-hydrogen) atoms. The molecule has 0 aromatic heterocycles. The van der Waals surface area contributed by atoms with E-state index in [0.717, 1.165) is 38.9 Å². The Morgan fingerprint density at radius 3 is 2.44 bits per heavy atom. The minimum Gasteiger partial charge on any atom is -0.464 e. The fourth-order valence-corrected chi connectivity index (χ4v) is 5.27. The van der Waals surface area contributed by atoms with Crippen LogP contribution in [0.15, 0.2) is 52.9 Å². The van der Waals surface area contributed by atoms with Crippen LogP contribution in [0.5, 0.6) is 0 Å². The van der Waals surface area contributed by atoms with Crippen LogP contribution in [0.3, 0.4) is 0 Å². The second kappa shape index (κ2) is 12.3. The number of hydrogen-bond donors (Lipinski definition) is 1. The van der Waals surface area contributed by atoms with Gasteiger partial charge < -0.3 is 10.1 Å². The number of benzene rings is 2. The van der Waals surface area contributed by atoms with Gasteiger partial charge in [-0.1, -0.05) is 30.0 Å². The van der Waals surface area contributed by atoms with Gasteiger partial charge in [0.15, 0.2) is 5.12 Å². The van der Waals surface area contributed by atoms with Gasteiger partial charge in [-0.2, -0.15) is 0 Å². The van der Waals surface area contributed by atoms with Gasteiger partial charge in [-0.3, -0.25) is 13.8 Å². The van der Waals surface area contributed by atoms with E-state index < -0.39 is 34.5 Å². The van der Waals surface area contributed by atoms with E-state index in [1.165, 1.54) is 19.1 Å². The molecule has 0 spiro atoms. The molecule has 6 nitrogen and oxygen atoms in total. The Hall–Kier alpha value is -3.04. The van der Waals surface area contributed by atoms with E-state index in [4.69, 9.17) is 4.74 Å². The quantitative estimate of drug-likeness (QED) is 0.478. The van der Waals surface area contributed by atoms with Crippen molar-refractivity contribution in [2.24, 2.45) is 0 Å². The molecule has 0 saturated carbocycles. The molecule has 2 unspecified atom stereocenters. The average molecular weight is 530 g/mol. The van der Waals surface area contributed by atoms with Gasteiger partial charge in [0.25, 0.3) is 0 Å². The maximum atomic E-state index is 14.2. The van der Waals surface area contributed by atoms with Crippen molar-refractivity contribution in [2.75, 3.05) is 18.6 Å². The maximum absolute atomic E-state index is 14.2. The summed E-state index contributed by atoms with van der Waals surface area (Å²) in [4.78, 5) is 37.2. The third-order valence-corrected chi connectivity index (χ3v) is 7.56. The first-order valence-corrected chi connectivity index (χ1v) is 13.9. The summed E-state index contributed by atoms with van der Waals surface area (Å²) in [5.74, 6) is -1.36. The van der Waals surface area contributed by atoms with E-state index in [1.807, 2.05) is 25.1 Å². The lowest BCUT2D eigenvalue weighted by atomic mass is 10.0. The minimum atomic E-state index is -1.08. The molecule has 0 radical (unpaired) electrons. The first-order valence-electron chi connectivity index (χ1n) is 11.4. The molecule has 190 valence electrons. The van der Waals surface area contributed by atoms with Gasteiger partial charge in [0.1, 0.15) is 11.9 Å². The summed E-state index contributed by atoms with van der Waals surface area (Å²) in [5, 5.41) is 2.30. The van der Waals surface area contributed by atoms with E-state index in [9.17, 15) is 23.0 Å². The van der Waals surface area contributed by atoms with Gasteiger partial charge in [-0.05, 0) is 77.6 Å². The highest BCUT2D eigenvalue weighted by Gasteiger charge is 2.27. The monoisotopic (exact) mass is 529 g/mol. The van der Waals surface area contributed by atoms with E-state index >= 15 is 0 Å². The van der Waals surface area contributed by atoms with E-state index in [1.54, 1.807) is 31.4 Å². The van der Waals surface area contributed by atoms with Gasteiger partial charge in [0.2, 0.25) is 5.91 Å². The zero-order valence-corrected chi connectivity index (χ0v) is 22.2. The highest BCUT2D eigenvalue weighted by Crippen LogP contribution is 2.44. The van der Waals surface area contributed by atoms with Crippen LogP contribution in [-0.4, -0.2) is 45.9 Å². The molecule has 2 aromatic carbocycles. The molecule has 1 aliphatic carbocycles. The number of hydrogen-bond acceptors (Lipinski definition) is 6. The molecule has 2 aromatic rings. The molecule has 0 saturated heterocycles. The summed E-state index contributed by atoms with van der Waals surface area (Å²) < 4.78 is 30.8. The molecule has 9 heteroatoms. The maximum Gasteiger partial charge on any atom is 0.329 e. The predicted molar refractivity (Wildman–Crippen MR) is 142 cm³/mol. The lowest BCUT2D eigenvalue weighted by Crippen LogP contribution is -2.42. The van der Waals surface area contributed by atoms with Gasteiger partial charge in [0, 0.05) is 41.0 Å². The van der Waals surface area contributed by atoms with Crippen molar-refractivity contribution in [3.63, 3.8) is 0 Å². The lowest BCUT2D eigenvalue weighted by Gasteiger charge is -2.15. The molecular formula is C27H28FNO5S2. The van der Waals surface area contributed by atoms with E-state index in [0.29, 0.717) is 11.1 Å². The Morgan fingerprint density at radius 2 is 1.83 bits per heavy atom. The molecular weight excluding hydrogens is 501 g/mol. The van der Waals surface area contributed by atoms with Gasteiger partial charge in [-0.25, -0.2) is 9.18 Å². The normalized spacial score (nSPS) is 15.4. The first kappa shape index (κ1) is 27.5. The van der Waals surface area contributed by atoms with Crippen LogP contribution in [-0.2, 0) is 29.9 Å². The number of carbonyl (C=O) groups excluding carboxylic acids is 3. The predicted octanol–water partition coefficient (Wildman–Crippen LogP) is 4.61. The van der Waals surface area contributed by atoms with Crippen molar-refractivity contribution < 1.29 is 27.7 Å². The van der Waals surface area contributed by atoms with E-state index in [-0.39, 0.29) is 23.9 Å². The van der Waals surface area contributed by atoms with Gasteiger partial charge in [-0.15, -0.1) is 0 Å². The molecule has 1 N–H and O–H groups in total. The lowest BCUT2D eigenvalue weighted by molar-refractivity contribution is -0.146. The van der Waals surface area contributed by atoms with Crippen molar-refractivity contribution in [3.05, 3.63) is 70.5 Å². The summed E-state index contributed by atoms with van der Waals surface area (Å²) in [6, 6.07) is 10.9. The van der Waals surface area contributed by atoms with Crippen molar-refractivity contribution in [1.29, 1.82) is 0 Å².